The summed E-state index contributed by atoms with van der Waals surface area (Å²) in [6.45, 7) is 0.822. The first-order chi connectivity index (χ1) is 10.2. The molecule has 4 heteroatoms. The third kappa shape index (κ3) is 3.36. The first-order valence-electron chi connectivity index (χ1n) is 8.24. The van der Waals surface area contributed by atoms with Crippen molar-refractivity contribution in [1.29, 1.82) is 0 Å². The van der Waals surface area contributed by atoms with Crippen molar-refractivity contribution in [1.82, 2.24) is 4.98 Å². The fraction of sp³-hybridized carbons (Fsp3) is 0.647. The molecule has 1 aromatic rings. The maximum Gasteiger partial charge on any atom is 0.339 e. The Bertz CT molecular complexity index is 522. The third-order valence-corrected chi connectivity index (χ3v) is 4.84. The van der Waals surface area contributed by atoms with Crippen molar-refractivity contribution in [2.24, 2.45) is 5.92 Å². The Hall–Kier alpha value is -1.58. The number of hydrogen-bond donors (Lipinski definition) is 2. The number of hydrogen-bond acceptors (Lipinski definition) is 3. The van der Waals surface area contributed by atoms with E-state index in [1.54, 1.807) is 0 Å². The number of nitrogens with zero attached hydrogens (tertiary/aromatic N) is 1. The van der Waals surface area contributed by atoms with E-state index in [1.807, 2.05) is 6.07 Å². The Morgan fingerprint density at radius 1 is 1.29 bits per heavy atom. The molecule has 2 N–H and O–H groups in total. The van der Waals surface area contributed by atoms with Gasteiger partial charge >= 0.3 is 5.97 Å². The number of pyridine rings is 1. The molecule has 1 saturated carbocycles. The molecule has 0 spiro atoms. The fourth-order valence-electron chi connectivity index (χ4n) is 3.67. The molecule has 0 amide bonds. The first-order valence-corrected chi connectivity index (χ1v) is 8.24. The molecule has 1 aromatic heterocycles. The summed E-state index contributed by atoms with van der Waals surface area (Å²) in [7, 11) is 0. The van der Waals surface area contributed by atoms with E-state index in [-0.39, 0.29) is 0 Å². The molecule has 0 radical (unpaired) electrons. The highest BCUT2D eigenvalue weighted by molar-refractivity contribution is 5.93. The van der Waals surface area contributed by atoms with Crippen molar-refractivity contribution in [2.75, 3.05) is 11.9 Å². The lowest BCUT2D eigenvalue weighted by atomic mass is 10.0. The summed E-state index contributed by atoms with van der Waals surface area (Å²) in [4.78, 5) is 15.9. The summed E-state index contributed by atoms with van der Waals surface area (Å²) in [6, 6.07) is 1.82. The second-order valence-electron chi connectivity index (χ2n) is 6.37. The Morgan fingerprint density at radius 2 is 2.10 bits per heavy atom. The molecule has 0 aliphatic heterocycles. The molecule has 2 aliphatic carbocycles. The summed E-state index contributed by atoms with van der Waals surface area (Å²) in [5.41, 5.74) is 2.53. The molecule has 0 bridgehead atoms. The zero-order chi connectivity index (χ0) is 14.7. The minimum Gasteiger partial charge on any atom is -0.478 e. The van der Waals surface area contributed by atoms with Crippen LogP contribution in [0.4, 0.5) is 5.82 Å². The summed E-state index contributed by atoms with van der Waals surface area (Å²) < 4.78 is 0. The second kappa shape index (κ2) is 6.46. The molecule has 0 unspecified atom stereocenters. The Balaban J connectivity index is 1.59. The van der Waals surface area contributed by atoms with Crippen LogP contribution >= 0.6 is 0 Å². The molecule has 3 rings (SSSR count). The number of aryl methyl sites for hydroxylation is 2. The lowest BCUT2D eigenvalue weighted by Crippen LogP contribution is -2.12. The van der Waals surface area contributed by atoms with E-state index in [0.29, 0.717) is 11.4 Å². The van der Waals surface area contributed by atoms with Crippen LogP contribution in [-0.2, 0) is 12.8 Å². The average Bonchev–Trinajstić information content (AvgIpc) is 3.13. The molecule has 4 nitrogen and oxygen atoms in total. The van der Waals surface area contributed by atoms with Gasteiger partial charge < -0.3 is 10.4 Å². The lowest BCUT2D eigenvalue weighted by Gasteiger charge is -2.12. The van der Waals surface area contributed by atoms with E-state index >= 15 is 0 Å². The largest absolute Gasteiger partial charge is 0.478 e. The molecular weight excluding hydrogens is 264 g/mol. The van der Waals surface area contributed by atoms with Crippen molar-refractivity contribution in [3.63, 3.8) is 0 Å². The van der Waals surface area contributed by atoms with Crippen molar-refractivity contribution >= 4 is 11.8 Å². The van der Waals surface area contributed by atoms with Gasteiger partial charge in [0.25, 0.3) is 0 Å². The minimum atomic E-state index is -0.879. The van der Waals surface area contributed by atoms with Gasteiger partial charge in [-0.3, -0.25) is 0 Å². The quantitative estimate of drug-likeness (QED) is 0.784. The second-order valence-corrected chi connectivity index (χ2v) is 6.37. The SMILES string of the molecule is O=C(O)c1cc2c(nc1NCCCC1CCCC1)CCC2. The molecule has 0 atom stereocenters. The smallest absolute Gasteiger partial charge is 0.339 e. The van der Waals surface area contributed by atoms with Crippen LogP contribution in [-0.4, -0.2) is 22.6 Å². The maximum absolute atomic E-state index is 11.4. The van der Waals surface area contributed by atoms with E-state index in [2.05, 4.69) is 10.3 Å². The number of fused-ring (bicyclic) bond motifs is 1. The predicted molar refractivity (Wildman–Crippen MR) is 82.9 cm³/mol. The van der Waals surface area contributed by atoms with Gasteiger partial charge in [0.1, 0.15) is 11.4 Å². The van der Waals surface area contributed by atoms with Crippen molar-refractivity contribution in [2.45, 2.75) is 57.8 Å². The van der Waals surface area contributed by atoms with E-state index in [9.17, 15) is 9.90 Å². The highest BCUT2D eigenvalue weighted by atomic mass is 16.4. The van der Waals surface area contributed by atoms with Gasteiger partial charge in [0.05, 0.1) is 0 Å². The molecule has 114 valence electrons. The normalized spacial score (nSPS) is 17.9. The monoisotopic (exact) mass is 288 g/mol. The molecular formula is C17H24N2O2. The molecule has 0 aromatic carbocycles. The van der Waals surface area contributed by atoms with Crippen LogP contribution in [0.5, 0.6) is 0 Å². The summed E-state index contributed by atoms with van der Waals surface area (Å²) >= 11 is 0. The zero-order valence-corrected chi connectivity index (χ0v) is 12.5. The van der Waals surface area contributed by atoms with E-state index in [4.69, 9.17) is 0 Å². The van der Waals surface area contributed by atoms with Crippen molar-refractivity contribution < 1.29 is 9.90 Å². The van der Waals surface area contributed by atoms with Gasteiger partial charge in [-0.25, -0.2) is 9.78 Å². The molecule has 21 heavy (non-hydrogen) atoms. The molecule has 1 fully saturated rings. The van der Waals surface area contributed by atoms with Crippen LogP contribution in [0.3, 0.4) is 0 Å². The Morgan fingerprint density at radius 3 is 2.86 bits per heavy atom. The number of nitrogens with one attached hydrogen (secondary N) is 1. The van der Waals surface area contributed by atoms with Crippen LogP contribution in [0.25, 0.3) is 0 Å². The zero-order valence-electron chi connectivity index (χ0n) is 12.5. The predicted octanol–water partition coefficient (Wildman–Crippen LogP) is 3.65. The minimum absolute atomic E-state index is 0.330. The van der Waals surface area contributed by atoms with Crippen molar-refractivity contribution in [3.8, 4) is 0 Å². The Labute approximate surface area is 126 Å². The number of carboxylic acids is 1. The van der Waals surface area contributed by atoms with Gasteiger partial charge in [-0.1, -0.05) is 25.7 Å². The number of aromatic carboxylic acids is 1. The number of carboxylic acid groups (broad SMARTS) is 1. The van der Waals surface area contributed by atoms with E-state index in [0.717, 1.165) is 49.4 Å². The topological polar surface area (TPSA) is 62.2 Å². The summed E-state index contributed by atoms with van der Waals surface area (Å²) in [6.07, 6.45) is 10.9. The van der Waals surface area contributed by atoms with Crippen LogP contribution in [0, 0.1) is 5.92 Å². The van der Waals surface area contributed by atoms with Crippen LogP contribution in [0.15, 0.2) is 6.07 Å². The third-order valence-electron chi connectivity index (χ3n) is 4.84. The molecule has 2 aliphatic rings. The Kier molecular flexibility index (Phi) is 4.42. The van der Waals surface area contributed by atoms with Crippen LogP contribution < -0.4 is 5.32 Å². The number of aromatic nitrogens is 1. The van der Waals surface area contributed by atoms with Gasteiger partial charge in [-0.15, -0.1) is 0 Å². The highest BCUT2D eigenvalue weighted by Gasteiger charge is 2.20. The summed E-state index contributed by atoms with van der Waals surface area (Å²) in [5.74, 6) is 0.573. The molecule has 1 heterocycles. The van der Waals surface area contributed by atoms with Crippen LogP contribution in [0.2, 0.25) is 0 Å². The van der Waals surface area contributed by atoms with Gasteiger partial charge in [0.2, 0.25) is 0 Å². The van der Waals surface area contributed by atoms with Gasteiger partial charge in [0, 0.05) is 12.2 Å². The highest BCUT2D eigenvalue weighted by Crippen LogP contribution is 2.29. The summed E-state index contributed by atoms with van der Waals surface area (Å²) in [5, 5.41) is 12.6. The fourth-order valence-corrected chi connectivity index (χ4v) is 3.67. The van der Waals surface area contributed by atoms with E-state index < -0.39 is 5.97 Å². The van der Waals surface area contributed by atoms with E-state index in [1.165, 1.54) is 32.1 Å². The van der Waals surface area contributed by atoms with Gasteiger partial charge in [-0.05, 0) is 49.7 Å². The van der Waals surface area contributed by atoms with Crippen LogP contribution in [0.1, 0.15) is 66.6 Å². The number of rotatable bonds is 6. The number of anilines is 1. The van der Waals surface area contributed by atoms with Gasteiger partial charge in [0.15, 0.2) is 0 Å². The average molecular weight is 288 g/mol. The van der Waals surface area contributed by atoms with Gasteiger partial charge in [-0.2, -0.15) is 0 Å². The van der Waals surface area contributed by atoms with Crippen molar-refractivity contribution in [3.05, 3.63) is 22.9 Å². The maximum atomic E-state index is 11.4. The first kappa shape index (κ1) is 14.4. The standard InChI is InChI=1S/C17H24N2O2/c20-17(21)14-11-13-8-3-9-15(13)19-16(14)18-10-4-7-12-5-1-2-6-12/h11-12H,1-10H2,(H,18,19)(H,20,21). The lowest BCUT2D eigenvalue weighted by molar-refractivity contribution is 0.0697. The number of carbonyl (C=O) groups is 1. The molecule has 0 saturated heterocycles.